The normalized spacial score (nSPS) is 34.4. The summed E-state index contributed by atoms with van der Waals surface area (Å²) >= 11 is 12.4. The van der Waals surface area contributed by atoms with Gasteiger partial charge in [0.05, 0.1) is 10.0 Å². The molecule has 3 heteroatoms. The Morgan fingerprint density at radius 2 is 1.85 bits per heavy atom. The molecule has 1 nitrogen and oxygen atoms in total. The van der Waals surface area contributed by atoms with E-state index in [4.69, 9.17) is 23.2 Å². The lowest BCUT2D eigenvalue weighted by Crippen LogP contribution is -2.40. The summed E-state index contributed by atoms with van der Waals surface area (Å²) in [6.45, 7) is 4.68. The minimum absolute atomic E-state index is 0.310. The fourth-order valence-electron chi connectivity index (χ4n) is 4.14. The van der Waals surface area contributed by atoms with Crippen LogP contribution in [0.5, 0.6) is 0 Å². The molecule has 0 radical (unpaired) electrons. The highest BCUT2D eigenvalue weighted by Gasteiger charge is 2.43. The average molecular weight is 312 g/mol. The van der Waals surface area contributed by atoms with E-state index in [0.717, 1.165) is 24.9 Å². The Bertz CT molecular complexity index is 472. The Morgan fingerprint density at radius 1 is 1.10 bits per heavy atom. The van der Waals surface area contributed by atoms with E-state index in [0.29, 0.717) is 15.5 Å². The molecule has 20 heavy (non-hydrogen) atoms. The molecule has 1 heterocycles. The van der Waals surface area contributed by atoms with Gasteiger partial charge < -0.3 is 5.32 Å². The van der Waals surface area contributed by atoms with Crippen LogP contribution in [0.1, 0.15) is 44.6 Å². The second-order valence-electron chi connectivity index (χ2n) is 6.66. The highest BCUT2D eigenvalue weighted by molar-refractivity contribution is 6.42. The van der Waals surface area contributed by atoms with Crippen molar-refractivity contribution in [3.63, 3.8) is 0 Å². The summed E-state index contributed by atoms with van der Waals surface area (Å²) in [7, 11) is 0. The summed E-state index contributed by atoms with van der Waals surface area (Å²) in [6.07, 6.45) is 6.53. The van der Waals surface area contributed by atoms with Gasteiger partial charge in [-0.15, -0.1) is 0 Å². The van der Waals surface area contributed by atoms with Gasteiger partial charge in [0.2, 0.25) is 0 Å². The predicted octanol–water partition coefficient (Wildman–Crippen LogP) is 5.05. The summed E-state index contributed by atoms with van der Waals surface area (Å²) in [4.78, 5) is 0. The maximum Gasteiger partial charge on any atom is 0.0595 e. The molecule has 0 unspecified atom stereocenters. The number of halogens is 2. The molecule has 1 aliphatic carbocycles. The topological polar surface area (TPSA) is 12.0 Å². The fourth-order valence-corrected chi connectivity index (χ4v) is 4.44. The van der Waals surface area contributed by atoms with Crippen LogP contribution in [0.2, 0.25) is 10.0 Å². The van der Waals surface area contributed by atoms with Crippen LogP contribution < -0.4 is 5.32 Å². The highest BCUT2D eigenvalue weighted by atomic mass is 35.5. The fraction of sp³-hybridized carbons (Fsp3) is 0.647. The quantitative estimate of drug-likeness (QED) is 0.805. The molecular weight excluding hydrogens is 289 g/mol. The standard InChI is InChI=1S/C17H23Cl2N/c1-12-4-7-17(8-5-12,14-6-9-20-11-14)13-2-3-15(18)16(19)10-13/h2-3,10,12,14,20H,4-9,11H2,1H3/t12?,14-,17?/m0/s1. The van der Waals surface area contributed by atoms with Gasteiger partial charge >= 0.3 is 0 Å². The molecular formula is C17H23Cl2N. The Hall–Kier alpha value is -0.240. The van der Waals surface area contributed by atoms with E-state index in [9.17, 15) is 0 Å². The second kappa shape index (κ2) is 5.87. The lowest BCUT2D eigenvalue weighted by Gasteiger charge is -2.44. The van der Waals surface area contributed by atoms with Crippen LogP contribution in [0.3, 0.4) is 0 Å². The Kier molecular flexibility index (Phi) is 4.31. The van der Waals surface area contributed by atoms with E-state index in [1.807, 2.05) is 6.07 Å². The van der Waals surface area contributed by atoms with Crippen molar-refractivity contribution in [1.29, 1.82) is 0 Å². The molecule has 0 bridgehead atoms. The van der Waals surface area contributed by atoms with E-state index in [1.165, 1.54) is 37.7 Å². The first-order chi connectivity index (χ1) is 9.62. The summed E-state index contributed by atoms with van der Waals surface area (Å²) in [5.41, 5.74) is 1.72. The third kappa shape index (κ3) is 2.61. The van der Waals surface area contributed by atoms with Crippen molar-refractivity contribution in [1.82, 2.24) is 5.32 Å². The van der Waals surface area contributed by atoms with Crippen molar-refractivity contribution in [3.8, 4) is 0 Å². The molecule has 2 aliphatic rings. The third-order valence-corrected chi connectivity index (χ3v) is 6.24. The highest BCUT2D eigenvalue weighted by Crippen LogP contribution is 2.49. The zero-order valence-electron chi connectivity index (χ0n) is 12.1. The van der Waals surface area contributed by atoms with Crippen LogP contribution in [0.25, 0.3) is 0 Å². The van der Waals surface area contributed by atoms with Gasteiger partial charge in [0.1, 0.15) is 0 Å². The largest absolute Gasteiger partial charge is 0.316 e. The van der Waals surface area contributed by atoms with Gasteiger partial charge in [0.25, 0.3) is 0 Å². The van der Waals surface area contributed by atoms with Gasteiger partial charge in [-0.1, -0.05) is 36.2 Å². The first-order valence-electron chi connectivity index (χ1n) is 7.78. The van der Waals surface area contributed by atoms with Crippen LogP contribution in [0.15, 0.2) is 18.2 Å². The Morgan fingerprint density at radius 3 is 2.45 bits per heavy atom. The number of hydrogen-bond donors (Lipinski definition) is 1. The molecule has 1 aromatic carbocycles. The van der Waals surface area contributed by atoms with Gasteiger partial charge in [-0.05, 0) is 80.1 Å². The zero-order chi connectivity index (χ0) is 14.2. The van der Waals surface area contributed by atoms with Gasteiger partial charge in [-0.3, -0.25) is 0 Å². The molecule has 0 spiro atoms. The third-order valence-electron chi connectivity index (χ3n) is 5.50. The lowest BCUT2D eigenvalue weighted by molar-refractivity contribution is 0.171. The molecule has 1 N–H and O–H groups in total. The van der Waals surface area contributed by atoms with Crippen molar-refractivity contribution >= 4 is 23.2 Å². The van der Waals surface area contributed by atoms with Gasteiger partial charge in [-0.25, -0.2) is 0 Å². The Labute approximate surface area is 132 Å². The first-order valence-corrected chi connectivity index (χ1v) is 8.54. The molecule has 3 rings (SSSR count). The number of rotatable bonds is 2. The lowest BCUT2D eigenvalue weighted by atomic mass is 9.60. The van der Waals surface area contributed by atoms with Gasteiger partial charge in [-0.2, -0.15) is 0 Å². The smallest absolute Gasteiger partial charge is 0.0595 e. The molecule has 1 aliphatic heterocycles. The van der Waals surface area contributed by atoms with Crippen molar-refractivity contribution in [3.05, 3.63) is 33.8 Å². The van der Waals surface area contributed by atoms with Crippen LogP contribution in [0.4, 0.5) is 0 Å². The van der Waals surface area contributed by atoms with E-state index < -0.39 is 0 Å². The SMILES string of the molecule is CC1CCC(c2ccc(Cl)c(Cl)c2)([C@H]2CCNC2)CC1. The molecule has 110 valence electrons. The summed E-state index contributed by atoms with van der Waals surface area (Å²) < 4.78 is 0. The van der Waals surface area contributed by atoms with Crippen LogP contribution >= 0.6 is 23.2 Å². The monoisotopic (exact) mass is 311 g/mol. The summed E-state index contributed by atoms with van der Waals surface area (Å²) in [5, 5.41) is 4.91. The first kappa shape index (κ1) is 14.7. The summed E-state index contributed by atoms with van der Waals surface area (Å²) in [6, 6.07) is 6.31. The minimum Gasteiger partial charge on any atom is -0.316 e. The molecule has 1 saturated heterocycles. The number of nitrogens with one attached hydrogen (secondary N) is 1. The summed E-state index contributed by atoms with van der Waals surface area (Å²) in [5.74, 6) is 1.60. The molecule has 1 saturated carbocycles. The van der Waals surface area contributed by atoms with E-state index >= 15 is 0 Å². The predicted molar refractivity (Wildman–Crippen MR) is 86.7 cm³/mol. The second-order valence-corrected chi connectivity index (χ2v) is 7.47. The van der Waals surface area contributed by atoms with Crippen molar-refractivity contribution < 1.29 is 0 Å². The zero-order valence-corrected chi connectivity index (χ0v) is 13.6. The molecule has 0 amide bonds. The van der Waals surface area contributed by atoms with Crippen LogP contribution in [0, 0.1) is 11.8 Å². The van der Waals surface area contributed by atoms with E-state index in [2.05, 4.69) is 24.4 Å². The molecule has 1 atom stereocenters. The van der Waals surface area contributed by atoms with Crippen molar-refractivity contribution in [2.75, 3.05) is 13.1 Å². The average Bonchev–Trinajstić information content (AvgIpc) is 2.98. The van der Waals surface area contributed by atoms with Crippen LogP contribution in [-0.2, 0) is 5.41 Å². The van der Waals surface area contributed by atoms with E-state index in [-0.39, 0.29) is 0 Å². The maximum absolute atomic E-state index is 6.28. The van der Waals surface area contributed by atoms with Gasteiger partial charge in [0.15, 0.2) is 0 Å². The van der Waals surface area contributed by atoms with Crippen molar-refractivity contribution in [2.24, 2.45) is 11.8 Å². The molecule has 2 fully saturated rings. The number of benzene rings is 1. The Balaban J connectivity index is 1.97. The number of hydrogen-bond acceptors (Lipinski definition) is 1. The van der Waals surface area contributed by atoms with Crippen molar-refractivity contribution in [2.45, 2.75) is 44.4 Å². The van der Waals surface area contributed by atoms with Gasteiger partial charge in [0, 0.05) is 0 Å². The molecule has 0 aromatic heterocycles. The maximum atomic E-state index is 6.28. The minimum atomic E-state index is 0.310. The van der Waals surface area contributed by atoms with Crippen LogP contribution in [-0.4, -0.2) is 13.1 Å². The van der Waals surface area contributed by atoms with E-state index in [1.54, 1.807) is 0 Å². The molecule has 1 aromatic rings.